The summed E-state index contributed by atoms with van der Waals surface area (Å²) in [5.41, 5.74) is 1.97. The van der Waals surface area contributed by atoms with Crippen molar-refractivity contribution < 1.29 is 19.1 Å². The van der Waals surface area contributed by atoms with Crippen molar-refractivity contribution in [3.05, 3.63) is 53.6 Å². The van der Waals surface area contributed by atoms with Gasteiger partial charge < -0.3 is 20.1 Å². The second-order valence-corrected chi connectivity index (χ2v) is 5.75. The van der Waals surface area contributed by atoms with Crippen LogP contribution in [0.25, 0.3) is 0 Å². The highest BCUT2D eigenvalue weighted by Gasteiger charge is 2.24. The molecule has 2 heterocycles. The van der Waals surface area contributed by atoms with E-state index in [-0.39, 0.29) is 24.5 Å². The molecule has 1 atom stereocenters. The van der Waals surface area contributed by atoms with E-state index < -0.39 is 0 Å². The molecule has 0 aliphatic carbocycles. The third-order valence-electron chi connectivity index (χ3n) is 4.14. The van der Waals surface area contributed by atoms with Crippen LogP contribution in [0.1, 0.15) is 28.4 Å². The third kappa shape index (κ3) is 2.67. The average molecular weight is 324 g/mol. The van der Waals surface area contributed by atoms with Gasteiger partial charge in [-0.1, -0.05) is 18.2 Å². The minimum Gasteiger partial charge on any atom is -0.493 e. The van der Waals surface area contributed by atoms with Gasteiger partial charge in [-0.2, -0.15) is 0 Å². The van der Waals surface area contributed by atoms with Crippen LogP contribution in [-0.2, 0) is 4.79 Å². The molecule has 122 valence electrons. The van der Waals surface area contributed by atoms with Gasteiger partial charge in [-0.3, -0.25) is 9.59 Å². The van der Waals surface area contributed by atoms with Crippen LogP contribution in [-0.4, -0.2) is 25.0 Å². The van der Waals surface area contributed by atoms with Gasteiger partial charge in [0.25, 0.3) is 11.8 Å². The molecular formula is C18H16N2O4. The topological polar surface area (TPSA) is 76.7 Å². The monoisotopic (exact) mass is 324 g/mol. The Morgan fingerprint density at radius 3 is 2.92 bits per heavy atom. The van der Waals surface area contributed by atoms with Crippen LogP contribution in [0.15, 0.2) is 42.5 Å². The minimum atomic E-state index is -0.224. The fraction of sp³-hybridized carbons (Fsp3) is 0.222. The number of nitrogens with one attached hydrogen (secondary N) is 2. The quantitative estimate of drug-likeness (QED) is 0.888. The fourth-order valence-corrected chi connectivity index (χ4v) is 2.96. The van der Waals surface area contributed by atoms with Crippen LogP contribution < -0.4 is 20.1 Å². The Balaban J connectivity index is 1.55. The maximum absolute atomic E-state index is 12.6. The minimum absolute atomic E-state index is 0.00258. The van der Waals surface area contributed by atoms with Crippen molar-refractivity contribution in [3.63, 3.8) is 0 Å². The summed E-state index contributed by atoms with van der Waals surface area (Å²) in [4.78, 5) is 24.0. The van der Waals surface area contributed by atoms with Crippen molar-refractivity contribution in [2.24, 2.45) is 0 Å². The Labute approximate surface area is 138 Å². The van der Waals surface area contributed by atoms with Crippen LogP contribution in [0, 0.1) is 0 Å². The lowest BCUT2D eigenvalue weighted by molar-refractivity contribution is -0.118. The van der Waals surface area contributed by atoms with Crippen LogP contribution in [0.4, 0.5) is 5.69 Å². The predicted octanol–water partition coefficient (Wildman–Crippen LogP) is 2.27. The molecule has 2 N–H and O–H groups in total. The molecule has 2 aromatic carbocycles. The van der Waals surface area contributed by atoms with E-state index in [1.807, 2.05) is 24.3 Å². The Morgan fingerprint density at radius 1 is 1.12 bits per heavy atom. The third-order valence-corrected chi connectivity index (χ3v) is 4.14. The SMILES string of the molecule is O=C1COc2ccc(C(=O)NC3CCOc4ccccc43)cc2N1. The molecule has 24 heavy (non-hydrogen) atoms. The molecule has 0 saturated carbocycles. The lowest BCUT2D eigenvalue weighted by atomic mass is 10.00. The summed E-state index contributed by atoms with van der Waals surface area (Å²) in [6, 6.07) is 12.6. The van der Waals surface area contributed by atoms with E-state index in [0.717, 1.165) is 11.3 Å². The number of amides is 2. The summed E-state index contributed by atoms with van der Waals surface area (Å²) in [5.74, 6) is 0.959. The van der Waals surface area contributed by atoms with Crippen molar-refractivity contribution in [2.75, 3.05) is 18.5 Å². The Hall–Kier alpha value is -3.02. The zero-order valence-corrected chi connectivity index (χ0v) is 12.9. The van der Waals surface area contributed by atoms with Gasteiger partial charge in [-0.05, 0) is 24.3 Å². The van der Waals surface area contributed by atoms with Gasteiger partial charge in [0, 0.05) is 17.5 Å². The number of carbonyl (C=O) groups excluding carboxylic acids is 2. The van der Waals surface area contributed by atoms with Crippen molar-refractivity contribution >= 4 is 17.5 Å². The van der Waals surface area contributed by atoms with E-state index in [4.69, 9.17) is 9.47 Å². The highest BCUT2D eigenvalue weighted by atomic mass is 16.5. The molecule has 1 unspecified atom stereocenters. The second-order valence-electron chi connectivity index (χ2n) is 5.75. The second kappa shape index (κ2) is 5.88. The number of ether oxygens (including phenoxy) is 2. The van der Waals surface area contributed by atoms with Crippen molar-refractivity contribution in [1.82, 2.24) is 5.32 Å². The van der Waals surface area contributed by atoms with Gasteiger partial charge in [-0.15, -0.1) is 0 Å². The average Bonchev–Trinajstić information content (AvgIpc) is 2.61. The highest BCUT2D eigenvalue weighted by Crippen LogP contribution is 2.32. The van der Waals surface area contributed by atoms with Crippen LogP contribution in [0.3, 0.4) is 0 Å². The van der Waals surface area contributed by atoms with Gasteiger partial charge in [0.1, 0.15) is 11.5 Å². The first kappa shape index (κ1) is 14.6. The number of hydrogen-bond acceptors (Lipinski definition) is 4. The van der Waals surface area contributed by atoms with E-state index in [1.165, 1.54) is 0 Å². The van der Waals surface area contributed by atoms with E-state index in [0.29, 0.717) is 30.0 Å². The summed E-state index contributed by atoms with van der Waals surface area (Å²) in [7, 11) is 0. The first-order valence-corrected chi connectivity index (χ1v) is 7.80. The normalized spacial score (nSPS) is 18.3. The van der Waals surface area contributed by atoms with Gasteiger partial charge in [0.15, 0.2) is 6.61 Å². The molecule has 4 rings (SSSR count). The number of rotatable bonds is 2. The maximum Gasteiger partial charge on any atom is 0.262 e. The molecule has 0 radical (unpaired) electrons. The number of para-hydroxylation sites is 1. The number of anilines is 1. The smallest absolute Gasteiger partial charge is 0.262 e. The number of carbonyl (C=O) groups is 2. The van der Waals surface area contributed by atoms with Gasteiger partial charge in [-0.25, -0.2) is 0 Å². The number of hydrogen-bond donors (Lipinski definition) is 2. The first-order valence-electron chi connectivity index (χ1n) is 7.80. The number of fused-ring (bicyclic) bond motifs is 2. The maximum atomic E-state index is 12.6. The number of benzene rings is 2. The van der Waals surface area contributed by atoms with E-state index in [2.05, 4.69) is 10.6 Å². The Bertz CT molecular complexity index is 818. The zero-order chi connectivity index (χ0) is 16.5. The van der Waals surface area contributed by atoms with Gasteiger partial charge in [0.05, 0.1) is 18.3 Å². The van der Waals surface area contributed by atoms with Crippen molar-refractivity contribution in [2.45, 2.75) is 12.5 Å². The first-order chi connectivity index (χ1) is 11.7. The van der Waals surface area contributed by atoms with Crippen molar-refractivity contribution in [3.8, 4) is 11.5 Å². The predicted molar refractivity (Wildman–Crippen MR) is 87.3 cm³/mol. The Kier molecular flexibility index (Phi) is 3.57. The van der Waals surface area contributed by atoms with E-state index in [1.54, 1.807) is 18.2 Å². The molecule has 2 aliphatic rings. The standard InChI is InChI=1S/C18H16N2O4/c21-17-10-24-16-6-5-11(9-14(16)19-17)18(22)20-13-7-8-23-15-4-2-1-3-12(13)15/h1-6,9,13H,7-8,10H2,(H,19,21)(H,20,22). The molecule has 0 saturated heterocycles. The molecule has 2 amide bonds. The molecule has 0 spiro atoms. The van der Waals surface area contributed by atoms with Gasteiger partial charge in [0.2, 0.25) is 0 Å². The fourth-order valence-electron chi connectivity index (χ4n) is 2.96. The molecule has 0 bridgehead atoms. The highest BCUT2D eigenvalue weighted by molar-refractivity contribution is 6.00. The molecule has 0 fully saturated rings. The molecule has 6 nitrogen and oxygen atoms in total. The molecule has 2 aliphatic heterocycles. The summed E-state index contributed by atoms with van der Waals surface area (Å²) in [6.07, 6.45) is 0.716. The summed E-state index contributed by atoms with van der Waals surface area (Å²) in [6.45, 7) is 0.563. The largest absolute Gasteiger partial charge is 0.493 e. The van der Waals surface area contributed by atoms with Crippen LogP contribution in [0.2, 0.25) is 0 Å². The van der Waals surface area contributed by atoms with Gasteiger partial charge >= 0.3 is 0 Å². The van der Waals surface area contributed by atoms with Crippen LogP contribution in [0.5, 0.6) is 11.5 Å². The molecular weight excluding hydrogens is 308 g/mol. The summed E-state index contributed by atoms with van der Waals surface area (Å²) < 4.78 is 10.9. The van der Waals surface area contributed by atoms with Crippen molar-refractivity contribution in [1.29, 1.82) is 0 Å². The molecule has 0 aromatic heterocycles. The Morgan fingerprint density at radius 2 is 2.00 bits per heavy atom. The summed E-state index contributed by atoms with van der Waals surface area (Å²) in [5, 5.41) is 5.75. The summed E-state index contributed by atoms with van der Waals surface area (Å²) >= 11 is 0. The lowest BCUT2D eigenvalue weighted by Crippen LogP contribution is -2.32. The molecule has 6 heteroatoms. The van der Waals surface area contributed by atoms with E-state index >= 15 is 0 Å². The lowest BCUT2D eigenvalue weighted by Gasteiger charge is -2.26. The zero-order valence-electron chi connectivity index (χ0n) is 12.9. The van der Waals surface area contributed by atoms with E-state index in [9.17, 15) is 9.59 Å². The van der Waals surface area contributed by atoms with Crippen LogP contribution >= 0.6 is 0 Å². The molecule has 2 aromatic rings.